The van der Waals surface area contributed by atoms with Crippen molar-refractivity contribution in [1.29, 1.82) is 0 Å². The van der Waals surface area contributed by atoms with Crippen LogP contribution in [0.25, 0.3) is 0 Å². The average Bonchev–Trinajstić information content (AvgIpc) is 2.85. The number of aliphatic hydroxyl groups is 1. The fourth-order valence-electron chi connectivity index (χ4n) is 2.30. The van der Waals surface area contributed by atoms with E-state index in [1.54, 1.807) is 6.07 Å². The van der Waals surface area contributed by atoms with Gasteiger partial charge in [-0.25, -0.2) is 8.42 Å². The van der Waals surface area contributed by atoms with E-state index < -0.39 is 10.0 Å². The minimum atomic E-state index is -3.46. The summed E-state index contributed by atoms with van der Waals surface area (Å²) < 4.78 is 31.5. The van der Waals surface area contributed by atoms with Gasteiger partial charge in [-0.1, -0.05) is 6.92 Å². The highest BCUT2D eigenvalue weighted by Crippen LogP contribution is 2.27. The summed E-state index contributed by atoms with van der Waals surface area (Å²) in [6.45, 7) is 2.92. The van der Waals surface area contributed by atoms with E-state index >= 15 is 0 Å². The Morgan fingerprint density at radius 2 is 2.21 bits per heavy atom. The van der Waals surface area contributed by atoms with Gasteiger partial charge in [-0.05, 0) is 30.5 Å². The van der Waals surface area contributed by atoms with Gasteiger partial charge in [-0.3, -0.25) is 0 Å². The molecule has 1 fully saturated rings. The quantitative estimate of drug-likeness (QED) is 0.903. The Balaban J connectivity index is 2.35. The van der Waals surface area contributed by atoms with Crippen LogP contribution in [0.4, 0.5) is 0 Å². The van der Waals surface area contributed by atoms with Crippen LogP contribution in [0.5, 0.6) is 5.75 Å². The fourth-order valence-corrected chi connectivity index (χ4v) is 3.93. The Labute approximate surface area is 113 Å². The van der Waals surface area contributed by atoms with Gasteiger partial charge in [0.05, 0.1) is 18.6 Å². The van der Waals surface area contributed by atoms with Crippen LogP contribution in [0, 0.1) is 5.92 Å². The molecule has 5 nitrogen and oxygen atoms in total. The lowest BCUT2D eigenvalue weighted by Gasteiger charge is -2.17. The molecule has 1 unspecified atom stereocenters. The van der Waals surface area contributed by atoms with Crippen LogP contribution in [0.1, 0.15) is 18.9 Å². The van der Waals surface area contributed by atoms with Crippen molar-refractivity contribution in [2.75, 3.05) is 20.2 Å². The van der Waals surface area contributed by atoms with Crippen LogP contribution < -0.4 is 4.74 Å². The lowest BCUT2D eigenvalue weighted by atomic mass is 10.2. The predicted octanol–water partition coefficient (Wildman–Crippen LogP) is 1.22. The second-order valence-electron chi connectivity index (χ2n) is 4.89. The molecule has 6 heteroatoms. The van der Waals surface area contributed by atoms with Gasteiger partial charge < -0.3 is 9.84 Å². The summed E-state index contributed by atoms with van der Waals surface area (Å²) in [5.74, 6) is 0.890. The molecule has 0 spiro atoms. The second-order valence-corrected chi connectivity index (χ2v) is 6.83. The monoisotopic (exact) mass is 285 g/mol. The van der Waals surface area contributed by atoms with Crippen molar-refractivity contribution in [3.05, 3.63) is 23.8 Å². The zero-order valence-electron chi connectivity index (χ0n) is 11.2. The summed E-state index contributed by atoms with van der Waals surface area (Å²) in [6.07, 6.45) is 0.891. The van der Waals surface area contributed by atoms with Crippen LogP contribution in [-0.2, 0) is 16.6 Å². The predicted molar refractivity (Wildman–Crippen MR) is 71.5 cm³/mol. The molecule has 19 heavy (non-hydrogen) atoms. The van der Waals surface area contributed by atoms with Gasteiger partial charge in [0.1, 0.15) is 5.75 Å². The molecule has 1 aliphatic rings. The molecule has 1 aliphatic heterocycles. The van der Waals surface area contributed by atoms with E-state index in [-0.39, 0.29) is 11.5 Å². The molecule has 1 saturated heterocycles. The minimum Gasteiger partial charge on any atom is -0.496 e. The SMILES string of the molecule is COc1ccc(S(=O)(=O)N2CCC(C)C2)cc1CO. The van der Waals surface area contributed by atoms with Crippen LogP contribution in [0.15, 0.2) is 23.1 Å². The van der Waals surface area contributed by atoms with Gasteiger partial charge in [0.25, 0.3) is 0 Å². The van der Waals surface area contributed by atoms with E-state index in [0.717, 1.165) is 6.42 Å². The molecule has 1 aromatic rings. The summed E-state index contributed by atoms with van der Waals surface area (Å²) in [6, 6.07) is 4.59. The minimum absolute atomic E-state index is 0.214. The second kappa shape index (κ2) is 5.48. The standard InChI is InChI=1S/C13H19NO4S/c1-10-5-6-14(8-10)19(16,17)12-3-4-13(18-2)11(7-12)9-15/h3-4,7,10,15H,5-6,8-9H2,1-2H3. The number of sulfonamides is 1. The zero-order valence-corrected chi connectivity index (χ0v) is 12.0. The van der Waals surface area contributed by atoms with E-state index in [4.69, 9.17) is 4.74 Å². The van der Waals surface area contributed by atoms with E-state index in [1.165, 1.54) is 23.5 Å². The van der Waals surface area contributed by atoms with Gasteiger partial charge in [0.15, 0.2) is 0 Å². The van der Waals surface area contributed by atoms with E-state index in [0.29, 0.717) is 30.3 Å². The van der Waals surface area contributed by atoms with E-state index in [9.17, 15) is 13.5 Å². The molecule has 1 N–H and O–H groups in total. The highest BCUT2D eigenvalue weighted by atomic mass is 32.2. The molecule has 2 rings (SSSR count). The maximum Gasteiger partial charge on any atom is 0.243 e. The third-order valence-electron chi connectivity index (χ3n) is 3.45. The molecule has 106 valence electrons. The molecule has 0 radical (unpaired) electrons. The maximum absolute atomic E-state index is 12.5. The Kier molecular flexibility index (Phi) is 4.13. The van der Waals surface area contributed by atoms with Gasteiger partial charge >= 0.3 is 0 Å². The van der Waals surface area contributed by atoms with Gasteiger partial charge in [-0.15, -0.1) is 0 Å². The normalized spacial score (nSPS) is 20.7. The molecule has 1 heterocycles. The van der Waals surface area contributed by atoms with Crippen LogP contribution in [0.3, 0.4) is 0 Å². The first-order valence-electron chi connectivity index (χ1n) is 6.27. The number of hydrogen-bond donors (Lipinski definition) is 1. The first kappa shape index (κ1) is 14.3. The Hall–Kier alpha value is -1.11. The molecular weight excluding hydrogens is 266 g/mol. The van der Waals surface area contributed by atoms with Crippen molar-refractivity contribution in [3.63, 3.8) is 0 Å². The van der Waals surface area contributed by atoms with Crippen molar-refractivity contribution >= 4 is 10.0 Å². The summed E-state index contributed by atoms with van der Waals surface area (Å²) in [7, 11) is -1.97. The molecule has 0 aromatic heterocycles. The van der Waals surface area contributed by atoms with Crippen molar-refractivity contribution in [2.24, 2.45) is 5.92 Å². The van der Waals surface area contributed by atoms with Crippen molar-refractivity contribution in [3.8, 4) is 5.75 Å². The van der Waals surface area contributed by atoms with Crippen molar-refractivity contribution in [1.82, 2.24) is 4.31 Å². The molecular formula is C13H19NO4S. The molecule has 1 atom stereocenters. The first-order valence-corrected chi connectivity index (χ1v) is 7.71. The smallest absolute Gasteiger partial charge is 0.243 e. The molecule has 0 saturated carbocycles. The maximum atomic E-state index is 12.5. The Morgan fingerprint density at radius 1 is 1.47 bits per heavy atom. The molecule has 0 aliphatic carbocycles. The highest BCUT2D eigenvalue weighted by molar-refractivity contribution is 7.89. The van der Waals surface area contributed by atoms with E-state index in [1.807, 2.05) is 6.92 Å². The summed E-state index contributed by atoms with van der Waals surface area (Å²) in [5, 5.41) is 9.26. The number of nitrogens with zero attached hydrogens (tertiary/aromatic N) is 1. The summed E-state index contributed by atoms with van der Waals surface area (Å²) >= 11 is 0. The van der Waals surface area contributed by atoms with Gasteiger partial charge in [-0.2, -0.15) is 4.31 Å². The number of aliphatic hydroxyl groups excluding tert-OH is 1. The molecule has 1 aromatic carbocycles. The largest absolute Gasteiger partial charge is 0.496 e. The highest BCUT2D eigenvalue weighted by Gasteiger charge is 2.30. The summed E-state index contributed by atoms with van der Waals surface area (Å²) in [4.78, 5) is 0.214. The lowest BCUT2D eigenvalue weighted by Crippen LogP contribution is -2.28. The molecule has 0 amide bonds. The number of benzene rings is 1. The number of ether oxygens (including phenoxy) is 1. The number of methoxy groups -OCH3 is 1. The summed E-state index contributed by atoms with van der Waals surface area (Å²) in [5.41, 5.74) is 0.482. The number of hydrogen-bond acceptors (Lipinski definition) is 4. The van der Waals surface area contributed by atoms with Crippen LogP contribution in [0.2, 0.25) is 0 Å². The van der Waals surface area contributed by atoms with Gasteiger partial charge in [0.2, 0.25) is 10.0 Å². The van der Waals surface area contributed by atoms with Crippen molar-refractivity contribution < 1.29 is 18.3 Å². The third kappa shape index (κ3) is 2.75. The zero-order chi connectivity index (χ0) is 14.0. The van der Waals surface area contributed by atoms with Crippen LogP contribution in [-0.4, -0.2) is 38.0 Å². The Morgan fingerprint density at radius 3 is 2.74 bits per heavy atom. The first-order chi connectivity index (χ1) is 8.98. The molecule has 0 bridgehead atoms. The average molecular weight is 285 g/mol. The Bertz CT molecular complexity index is 556. The van der Waals surface area contributed by atoms with Gasteiger partial charge in [0, 0.05) is 18.7 Å². The van der Waals surface area contributed by atoms with E-state index in [2.05, 4.69) is 0 Å². The topological polar surface area (TPSA) is 66.8 Å². The van der Waals surface area contributed by atoms with Crippen LogP contribution >= 0.6 is 0 Å². The fraction of sp³-hybridized carbons (Fsp3) is 0.538. The van der Waals surface area contributed by atoms with Crippen molar-refractivity contribution in [2.45, 2.75) is 24.8 Å². The third-order valence-corrected chi connectivity index (χ3v) is 5.31. The lowest BCUT2D eigenvalue weighted by molar-refractivity contribution is 0.273. The number of rotatable bonds is 4.